The Balaban J connectivity index is 1.73. The fourth-order valence-electron chi connectivity index (χ4n) is 3.99. The zero-order valence-electron chi connectivity index (χ0n) is 17.8. The highest BCUT2D eigenvalue weighted by Crippen LogP contribution is 2.31. The van der Waals surface area contributed by atoms with E-state index in [1.165, 1.54) is 23.9 Å². The second-order valence-electron chi connectivity index (χ2n) is 8.09. The molecule has 1 fully saturated rings. The van der Waals surface area contributed by atoms with Gasteiger partial charge in [0, 0.05) is 5.92 Å². The molecule has 0 radical (unpaired) electrons. The Morgan fingerprint density at radius 3 is 2.77 bits per heavy atom. The molecule has 1 aliphatic rings. The first-order valence-corrected chi connectivity index (χ1v) is 11.0. The van der Waals surface area contributed by atoms with Crippen molar-refractivity contribution in [3.8, 4) is 5.75 Å². The van der Waals surface area contributed by atoms with Crippen LogP contribution in [0.1, 0.15) is 69.7 Å². The third-order valence-corrected chi connectivity index (χ3v) is 5.84. The van der Waals surface area contributed by atoms with Gasteiger partial charge in [-0.05, 0) is 56.0 Å². The molecule has 1 saturated carbocycles. The van der Waals surface area contributed by atoms with Crippen LogP contribution >= 0.6 is 0 Å². The van der Waals surface area contributed by atoms with Gasteiger partial charge >= 0.3 is 0 Å². The van der Waals surface area contributed by atoms with E-state index in [2.05, 4.69) is 18.9 Å². The predicted molar refractivity (Wildman–Crippen MR) is 122 cm³/mol. The Hall–Kier alpha value is -2.95. The smallest absolute Gasteiger partial charge is 0.282 e. The van der Waals surface area contributed by atoms with E-state index in [1.807, 2.05) is 48.5 Å². The molecule has 156 valence electrons. The number of fused-ring (bicyclic) bond motifs is 1. The van der Waals surface area contributed by atoms with Crippen LogP contribution in [0.4, 0.5) is 0 Å². The monoisotopic (exact) mass is 403 g/mol. The third kappa shape index (κ3) is 4.45. The molecule has 0 unspecified atom stereocenters. The van der Waals surface area contributed by atoms with Crippen LogP contribution in [0.15, 0.2) is 58.4 Å². The summed E-state index contributed by atoms with van der Waals surface area (Å²) in [5, 5.41) is 5.20. The third-order valence-electron chi connectivity index (χ3n) is 5.84. The lowest BCUT2D eigenvalue weighted by molar-refractivity contribution is 0.217. The second kappa shape index (κ2) is 9.24. The van der Waals surface area contributed by atoms with Gasteiger partial charge in [-0.25, -0.2) is 4.98 Å². The molecule has 2 aromatic carbocycles. The zero-order valence-corrected chi connectivity index (χ0v) is 17.8. The largest absolute Gasteiger partial charge is 0.491 e. The van der Waals surface area contributed by atoms with Gasteiger partial charge in [0.25, 0.3) is 5.56 Å². The highest BCUT2D eigenvalue weighted by atomic mass is 16.5. The maximum atomic E-state index is 13.2. The molecule has 0 bridgehead atoms. The van der Waals surface area contributed by atoms with E-state index >= 15 is 0 Å². The Morgan fingerprint density at radius 1 is 1.17 bits per heavy atom. The zero-order chi connectivity index (χ0) is 20.9. The number of ether oxygens (including phenoxy) is 1. The maximum Gasteiger partial charge on any atom is 0.282 e. The fraction of sp³-hybridized carbons (Fsp3) is 0.400. The number of para-hydroxylation sites is 1. The number of nitrogens with zero attached hydrogens (tertiary/aromatic N) is 3. The Labute approximate surface area is 177 Å². The van der Waals surface area contributed by atoms with Gasteiger partial charge in [0.1, 0.15) is 11.6 Å². The summed E-state index contributed by atoms with van der Waals surface area (Å²) in [5.41, 5.74) is 1.54. The first-order chi connectivity index (χ1) is 14.7. The minimum atomic E-state index is -0.107. The molecule has 0 saturated heterocycles. The molecular formula is C25H29N3O2. The average Bonchev–Trinajstić information content (AvgIpc) is 2.79. The van der Waals surface area contributed by atoms with Gasteiger partial charge < -0.3 is 4.74 Å². The highest BCUT2D eigenvalue weighted by molar-refractivity contribution is 5.81. The van der Waals surface area contributed by atoms with Crippen LogP contribution < -0.4 is 10.3 Å². The molecular weight excluding hydrogens is 374 g/mol. The van der Waals surface area contributed by atoms with E-state index in [9.17, 15) is 4.79 Å². The van der Waals surface area contributed by atoms with Crippen LogP contribution in [0, 0.1) is 0 Å². The van der Waals surface area contributed by atoms with Crippen molar-refractivity contribution in [2.45, 2.75) is 64.4 Å². The average molecular weight is 404 g/mol. The fourth-order valence-corrected chi connectivity index (χ4v) is 3.99. The Bertz CT molecular complexity index is 1100. The van der Waals surface area contributed by atoms with Crippen LogP contribution in [0.3, 0.4) is 0 Å². The van der Waals surface area contributed by atoms with Crippen molar-refractivity contribution >= 4 is 17.1 Å². The summed E-state index contributed by atoms with van der Waals surface area (Å²) in [6.07, 6.45) is 8.53. The summed E-state index contributed by atoms with van der Waals surface area (Å²) in [7, 11) is 0. The quantitative estimate of drug-likeness (QED) is 0.510. The lowest BCUT2D eigenvalue weighted by Crippen LogP contribution is -2.25. The molecule has 1 aliphatic carbocycles. The Morgan fingerprint density at radius 2 is 1.97 bits per heavy atom. The maximum absolute atomic E-state index is 13.2. The van der Waals surface area contributed by atoms with Crippen LogP contribution in [-0.2, 0) is 0 Å². The summed E-state index contributed by atoms with van der Waals surface area (Å²) >= 11 is 0. The van der Waals surface area contributed by atoms with Crippen molar-refractivity contribution in [3.05, 3.63) is 70.3 Å². The minimum absolute atomic E-state index is 0.107. The summed E-state index contributed by atoms with van der Waals surface area (Å²) < 4.78 is 7.43. The van der Waals surface area contributed by atoms with E-state index in [1.54, 1.807) is 6.21 Å². The van der Waals surface area contributed by atoms with Crippen LogP contribution in [0.25, 0.3) is 10.9 Å². The van der Waals surface area contributed by atoms with Gasteiger partial charge in [-0.15, -0.1) is 0 Å². The van der Waals surface area contributed by atoms with Crippen molar-refractivity contribution in [3.63, 3.8) is 0 Å². The van der Waals surface area contributed by atoms with E-state index in [-0.39, 0.29) is 17.6 Å². The van der Waals surface area contributed by atoms with E-state index in [4.69, 9.17) is 9.72 Å². The SMILES string of the molecule is CC[C@@H](C)Oc1cccc(C=Nn2c(C3CCCCC3)nc3ccccc3c2=O)c1. The van der Waals surface area contributed by atoms with Crippen LogP contribution in [0.5, 0.6) is 5.75 Å². The van der Waals surface area contributed by atoms with Gasteiger partial charge in [-0.3, -0.25) is 4.79 Å². The topological polar surface area (TPSA) is 56.5 Å². The Kier molecular flexibility index (Phi) is 6.26. The van der Waals surface area contributed by atoms with Crippen molar-refractivity contribution in [1.29, 1.82) is 0 Å². The molecule has 0 aliphatic heterocycles. The van der Waals surface area contributed by atoms with Crippen LogP contribution in [-0.4, -0.2) is 22.0 Å². The molecule has 0 N–H and O–H groups in total. The van der Waals surface area contributed by atoms with E-state index < -0.39 is 0 Å². The molecule has 4 rings (SSSR count). The summed E-state index contributed by atoms with van der Waals surface area (Å²) in [6, 6.07) is 15.3. The van der Waals surface area contributed by atoms with Gasteiger partial charge in [-0.1, -0.05) is 50.5 Å². The van der Waals surface area contributed by atoms with Gasteiger partial charge in [0.05, 0.1) is 23.2 Å². The molecule has 5 nitrogen and oxygen atoms in total. The molecule has 5 heteroatoms. The number of rotatable bonds is 6. The normalized spacial score (nSPS) is 16.2. The van der Waals surface area contributed by atoms with Crippen molar-refractivity contribution in [2.24, 2.45) is 5.10 Å². The minimum Gasteiger partial charge on any atom is -0.491 e. The van der Waals surface area contributed by atoms with Crippen molar-refractivity contribution in [2.75, 3.05) is 0 Å². The summed E-state index contributed by atoms with van der Waals surface area (Å²) in [4.78, 5) is 18.1. The molecule has 0 amide bonds. The summed E-state index contributed by atoms with van der Waals surface area (Å²) in [5.74, 6) is 1.86. The van der Waals surface area contributed by atoms with Crippen molar-refractivity contribution < 1.29 is 4.74 Å². The van der Waals surface area contributed by atoms with E-state index in [0.29, 0.717) is 5.39 Å². The molecule has 0 spiro atoms. The molecule has 1 heterocycles. The number of hydrogen-bond donors (Lipinski definition) is 0. The predicted octanol–water partition coefficient (Wildman–Crippen LogP) is 5.50. The second-order valence-corrected chi connectivity index (χ2v) is 8.09. The highest BCUT2D eigenvalue weighted by Gasteiger charge is 2.22. The van der Waals surface area contributed by atoms with Gasteiger partial charge in [0.2, 0.25) is 0 Å². The number of benzene rings is 2. The number of aromatic nitrogens is 2. The summed E-state index contributed by atoms with van der Waals surface area (Å²) in [6.45, 7) is 4.15. The molecule has 30 heavy (non-hydrogen) atoms. The van der Waals surface area contributed by atoms with E-state index in [0.717, 1.165) is 41.9 Å². The first kappa shape index (κ1) is 20.3. The number of hydrogen-bond acceptors (Lipinski definition) is 4. The first-order valence-electron chi connectivity index (χ1n) is 11.0. The lowest BCUT2D eigenvalue weighted by Gasteiger charge is -2.22. The van der Waals surface area contributed by atoms with Gasteiger partial charge in [0.15, 0.2) is 0 Å². The van der Waals surface area contributed by atoms with Crippen LogP contribution in [0.2, 0.25) is 0 Å². The molecule has 1 aromatic heterocycles. The molecule has 3 aromatic rings. The lowest BCUT2D eigenvalue weighted by atomic mass is 9.88. The van der Waals surface area contributed by atoms with Crippen molar-refractivity contribution in [1.82, 2.24) is 9.66 Å². The molecule has 1 atom stereocenters. The van der Waals surface area contributed by atoms with Gasteiger partial charge in [-0.2, -0.15) is 9.78 Å². The standard InChI is InChI=1S/C25H29N3O2/c1-3-18(2)30-21-13-9-10-19(16-21)17-26-28-24(20-11-5-4-6-12-20)27-23-15-8-7-14-22(23)25(28)29/h7-10,13-18,20H,3-6,11-12H2,1-2H3/t18-/m1/s1.